The summed E-state index contributed by atoms with van der Waals surface area (Å²) in [4.78, 5) is 0. The Balaban J connectivity index is 2.31. The van der Waals surface area contributed by atoms with Crippen LogP contribution in [0.1, 0.15) is 78.6 Å². The van der Waals surface area contributed by atoms with Gasteiger partial charge in [0.2, 0.25) is 0 Å². The lowest BCUT2D eigenvalue weighted by Crippen LogP contribution is -2.30. The number of hydrogen-bond acceptors (Lipinski definition) is 1. The van der Waals surface area contributed by atoms with Crippen LogP contribution in [0.2, 0.25) is 0 Å². The molecule has 0 amide bonds. The van der Waals surface area contributed by atoms with Crippen LogP contribution in [0, 0.1) is 5.92 Å². The molecule has 1 N–H and O–H groups in total. The molecule has 0 aliphatic heterocycles. The molecule has 1 rings (SSSR count). The lowest BCUT2D eigenvalue weighted by Gasteiger charge is -2.22. The Labute approximate surface area is 114 Å². The van der Waals surface area contributed by atoms with Gasteiger partial charge in [0, 0.05) is 6.04 Å². The van der Waals surface area contributed by atoms with Gasteiger partial charge in [0.25, 0.3) is 0 Å². The summed E-state index contributed by atoms with van der Waals surface area (Å²) in [7, 11) is 0. The maximum absolute atomic E-state index is 3.75. The zero-order valence-electron chi connectivity index (χ0n) is 12.8. The van der Waals surface area contributed by atoms with Gasteiger partial charge < -0.3 is 5.32 Å². The summed E-state index contributed by atoms with van der Waals surface area (Å²) in [6.07, 6.45) is 14.7. The average molecular weight is 251 g/mol. The van der Waals surface area contributed by atoms with Gasteiger partial charge in [-0.1, -0.05) is 45.3 Å². The third kappa shape index (κ3) is 7.20. The zero-order chi connectivity index (χ0) is 13.2. The predicted molar refractivity (Wildman–Crippen MR) is 81.9 cm³/mol. The van der Waals surface area contributed by atoms with Crippen LogP contribution in [0.15, 0.2) is 11.6 Å². The second-order valence-corrected chi connectivity index (χ2v) is 6.29. The molecule has 0 saturated carbocycles. The molecule has 18 heavy (non-hydrogen) atoms. The van der Waals surface area contributed by atoms with Crippen molar-refractivity contribution in [1.82, 2.24) is 5.32 Å². The van der Waals surface area contributed by atoms with Crippen LogP contribution >= 0.6 is 0 Å². The van der Waals surface area contributed by atoms with Crippen LogP contribution in [0.3, 0.4) is 0 Å². The smallest absolute Gasteiger partial charge is 0.0104 e. The molecule has 0 spiro atoms. The summed E-state index contributed by atoms with van der Waals surface area (Å²) in [6, 6.07) is 0.730. The highest BCUT2D eigenvalue weighted by molar-refractivity contribution is 5.07. The molecule has 0 aromatic carbocycles. The molecule has 1 aliphatic rings. The second kappa shape index (κ2) is 9.61. The van der Waals surface area contributed by atoms with Crippen molar-refractivity contribution in [3.05, 3.63) is 11.6 Å². The summed E-state index contributed by atoms with van der Waals surface area (Å²) in [5.41, 5.74) is 1.72. The lowest BCUT2D eigenvalue weighted by molar-refractivity contribution is 0.428. The molecule has 0 aromatic heterocycles. The van der Waals surface area contributed by atoms with E-state index in [2.05, 4.69) is 32.2 Å². The number of hydrogen-bond donors (Lipinski definition) is 1. The first-order valence-electron chi connectivity index (χ1n) is 8.13. The molecule has 1 heteroatoms. The monoisotopic (exact) mass is 251 g/mol. The fourth-order valence-electron chi connectivity index (χ4n) is 2.80. The van der Waals surface area contributed by atoms with E-state index in [9.17, 15) is 0 Å². The van der Waals surface area contributed by atoms with E-state index < -0.39 is 0 Å². The molecule has 0 radical (unpaired) electrons. The molecule has 1 unspecified atom stereocenters. The maximum Gasteiger partial charge on any atom is 0.0104 e. The van der Waals surface area contributed by atoms with Crippen LogP contribution in [0.25, 0.3) is 0 Å². The quantitative estimate of drug-likeness (QED) is 0.564. The van der Waals surface area contributed by atoms with Gasteiger partial charge in [0.1, 0.15) is 0 Å². The molecule has 1 aliphatic carbocycles. The molecule has 0 heterocycles. The number of rotatable bonds is 9. The summed E-state index contributed by atoms with van der Waals surface area (Å²) in [5, 5.41) is 3.75. The fourth-order valence-corrected chi connectivity index (χ4v) is 2.80. The Morgan fingerprint density at radius 3 is 2.67 bits per heavy atom. The van der Waals surface area contributed by atoms with Crippen molar-refractivity contribution in [3.8, 4) is 0 Å². The van der Waals surface area contributed by atoms with E-state index in [0.29, 0.717) is 0 Å². The highest BCUT2D eigenvalue weighted by atomic mass is 14.9. The summed E-state index contributed by atoms with van der Waals surface area (Å²) >= 11 is 0. The van der Waals surface area contributed by atoms with Gasteiger partial charge >= 0.3 is 0 Å². The zero-order valence-corrected chi connectivity index (χ0v) is 12.8. The molecule has 1 atom stereocenters. The van der Waals surface area contributed by atoms with E-state index >= 15 is 0 Å². The van der Waals surface area contributed by atoms with E-state index in [1.807, 2.05) is 0 Å². The minimum Gasteiger partial charge on any atom is -0.314 e. The van der Waals surface area contributed by atoms with Gasteiger partial charge in [0.05, 0.1) is 0 Å². The summed E-state index contributed by atoms with van der Waals surface area (Å²) in [5.74, 6) is 0.853. The Hall–Kier alpha value is -0.300. The molecule has 106 valence electrons. The third-order valence-electron chi connectivity index (χ3n) is 3.91. The Kier molecular flexibility index (Phi) is 8.41. The van der Waals surface area contributed by atoms with Gasteiger partial charge in [-0.2, -0.15) is 0 Å². The van der Waals surface area contributed by atoms with E-state index in [1.165, 1.54) is 64.3 Å². The molecule has 0 saturated heterocycles. The van der Waals surface area contributed by atoms with E-state index in [1.54, 1.807) is 5.57 Å². The van der Waals surface area contributed by atoms with Gasteiger partial charge in [-0.3, -0.25) is 0 Å². The fraction of sp³-hybridized carbons (Fsp3) is 0.882. The minimum absolute atomic E-state index is 0.730. The Morgan fingerprint density at radius 1 is 1.22 bits per heavy atom. The van der Waals surface area contributed by atoms with Crippen molar-refractivity contribution in [2.24, 2.45) is 5.92 Å². The predicted octanol–water partition coefficient (Wildman–Crippen LogP) is 5.07. The highest BCUT2D eigenvalue weighted by Crippen LogP contribution is 2.23. The van der Waals surface area contributed by atoms with Gasteiger partial charge in [-0.25, -0.2) is 0 Å². The first kappa shape index (κ1) is 15.8. The van der Waals surface area contributed by atoms with Crippen molar-refractivity contribution >= 4 is 0 Å². The molecular formula is C17H33N. The van der Waals surface area contributed by atoms with Crippen LogP contribution in [-0.2, 0) is 0 Å². The van der Waals surface area contributed by atoms with Crippen molar-refractivity contribution in [3.63, 3.8) is 0 Å². The van der Waals surface area contributed by atoms with Crippen LogP contribution in [0.5, 0.6) is 0 Å². The molecule has 0 bridgehead atoms. The van der Waals surface area contributed by atoms with E-state index in [0.717, 1.165) is 12.0 Å². The van der Waals surface area contributed by atoms with Crippen molar-refractivity contribution in [2.45, 2.75) is 84.6 Å². The van der Waals surface area contributed by atoms with Crippen LogP contribution < -0.4 is 5.32 Å². The van der Waals surface area contributed by atoms with E-state index in [-0.39, 0.29) is 0 Å². The average Bonchev–Trinajstić information content (AvgIpc) is 2.36. The van der Waals surface area contributed by atoms with Crippen LogP contribution in [-0.4, -0.2) is 12.6 Å². The van der Waals surface area contributed by atoms with Gasteiger partial charge in [-0.15, -0.1) is 0 Å². The Bertz CT molecular complexity index is 230. The molecular weight excluding hydrogens is 218 g/mol. The van der Waals surface area contributed by atoms with Gasteiger partial charge in [-0.05, 0) is 57.4 Å². The lowest BCUT2D eigenvalue weighted by atomic mass is 9.92. The summed E-state index contributed by atoms with van der Waals surface area (Å²) in [6.45, 7) is 8.11. The SMILES string of the molecule is CCCNC(CCCC(C)C)CC1=CCCCC1. The highest BCUT2D eigenvalue weighted by Gasteiger charge is 2.12. The topological polar surface area (TPSA) is 12.0 Å². The molecule has 1 nitrogen and oxygen atoms in total. The Morgan fingerprint density at radius 2 is 2.06 bits per heavy atom. The largest absolute Gasteiger partial charge is 0.314 e. The standard InChI is InChI=1S/C17H33N/c1-4-13-18-17(12-8-9-15(2)3)14-16-10-6-5-7-11-16/h10,15,17-18H,4-9,11-14H2,1-3H3. The number of nitrogens with one attached hydrogen (secondary N) is 1. The second-order valence-electron chi connectivity index (χ2n) is 6.29. The third-order valence-corrected chi connectivity index (χ3v) is 3.91. The maximum atomic E-state index is 3.75. The molecule has 0 aromatic rings. The van der Waals surface area contributed by atoms with Crippen molar-refractivity contribution in [2.75, 3.05) is 6.54 Å². The van der Waals surface area contributed by atoms with Crippen molar-refractivity contribution in [1.29, 1.82) is 0 Å². The van der Waals surface area contributed by atoms with Gasteiger partial charge in [0.15, 0.2) is 0 Å². The first-order chi connectivity index (χ1) is 8.72. The molecule has 0 fully saturated rings. The van der Waals surface area contributed by atoms with Crippen LogP contribution in [0.4, 0.5) is 0 Å². The summed E-state index contributed by atoms with van der Waals surface area (Å²) < 4.78 is 0. The number of allylic oxidation sites excluding steroid dienone is 1. The minimum atomic E-state index is 0.730. The first-order valence-corrected chi connectivity index (χ1v) is 8.13. The normalized spacial score (nSPS) is 17.9. The van der Waals surface area contributed by atoms with Crippen molar-refractivity contribution < 1.29 is 0 Å². The van der Waals surface area contributed by atoms with E-state index in [4.69, 9.17) is 0 Å².